The first-order valence-electron chi connectivity index (χ1n) is 5.05. The van der Waals surface area contributed by atoms with Crippen LogP contribution < -0.4 is 0 Å². The van der Waals surface area contributed by atoms with Crippen LogP contribution in [0.5, 0.6) is 0 Å². The van der Waals surface area contributed by atoms with Crippen molar-refractivity contribution >= 4 is 6.29 Å². The van der Waals surface area contributed by atoms with Crippen molar-refractivity contribution in [1.82, 2.24) is 4.90 Å². The van der Waals surface area contributed by atoms with E-state index in [1.807, 2.05) is 13.8 Å². The van der Waals surface area contributed by atoms with E-state index in [1.165, 1.54) is 0 Å². The summed E-state index contributed by atoms with van der Waals surface area (Å²) in [6, 6.07) is 0. The molecule has 0 radical (unpaired) electrons. The predicted octanol–water partition coefficient (Wildman–Crippen LogP) is 2.19. The molecular formula is C11H23NO. The highest BCUT2D eigenvalue weighted by Gasteiger charge is 2.27. The summed E-state index contributed by atoms with van der Waals surface area (Å²) in [5, 5.41) is 0. The van der Waals surface area contributed by atoms with Gasteiger partial charge in [-0.25, -0.2) is 0 Å². The molecule has 0 spiro atoms. The quantitative estimate of drug-likeness (QED) is 0.591. The van der Waals surface area contributed by atoms with Gasteiger partial charge in [-0.05, 0) is 33.0 Å². The molecule has 13 heavy (non-hydrogen) atoms. The van der Waals surface area contributed by atoms with Gasteiger partial charge in [0.05, 0.1) is 0 Å². The van der Waals surface area contributed by atoms with Gasteiger partial charge in [0.25, 0.3) is 0 Å². The Morgan fingerprint density at radius 1 is 1.38 bits per heavy atom. The van der Waals surface area contributed by atoms with Crippen LogP contribution in [0, 0.1) is 11.3 Å². The number of aldehydes is 1. The molecule has 0 bridgehead atoms. The van der Waals surface area contributed by atoms with Crippen molar-refractivity contribution in [3.05, 3.63) is 0 Å². The van der Waals surface area contributed by atoms with Gasteiger partial charge in [-0.2, -0.15) is 0 Å². The average Bonchev–Trinajstić information content (AvgIpc) is 2.04. The molecule has 0 aliphatic heterocycles. The summed E-state index contributed by atoms with van der Waals surface area (Å²) in [6.07, 6.45) is 3.28. The zero-order valence-electron chi connectivity index (χ0n) is 9.63. The Kier molecular flexibility index (Phi) is 5.23. The van der Waals surface area contributed by atoms with Gasteiger partial charge in [0, 0.05) is 5.41 Å². The van der Waals surface area contributed by atoms with Gasteiger partial charge in [0.15, 0.2) is 0 Å². The molecule has 2 nitrogen and oxygen atoms in total. The summed E-state index contributed by atoms with van der Waals surface area (Å²) in [7, 11) is 4.14. The van der Waals surface area contributed by atoms with Gasteiger partial charge in [-0.1, -0.05) is 27.2 Å². The molecule has 0 aliphatic rings. The first-order valence-corrected chi connectivity index (χ1v) is 5.05. The molecule has 0 saturated carbocycles. The van der Waals surface area contributed by atoms with Crippen LogP contribution in [-0.2, 0) is 4.79 Å². The van der Waals surface area contributed by atoms with Crippen LogP contribution >= 0.6 is 0 Å². The fourth-order valence-corrected chi connectivity index (χ4v) is 1.61. The van der Waals surface area contributed by atoms with Crippen LogP contribution in [0.25, 0.3) is 0 Å². The topological polar surface area (TPSA) is 20.3 Å². The molecule has 0 fully saturated rings. The third-order valence-corrected chi connectivity index (χ3v) is 2.77. The zero-order chi connectivity index (χ0) is 10.5. The lowest BCUT2D eigenvalue weighted by atomic mass is 9.77. The molecule has 78 valence electrons. The highest BCUT2D eigenvalue weighted by atomic mass is 16.1. The Labute approximate surface area is 82.3 Å². The second-order valence-electron chi connectivity index (χ2n) is 4.64. The predicted molar refractivity (Wildman–Crippen MR) is 56.8 cm³/mol. The molecule has 0 rings (SSSR count). The normalized spacial score (nSPS) is 14.6. The van der Waals surface area contributed by atoms with Crippen LogP contribution in [0.15, 0.2) is 0 Å². The van der Waals surface area contributed by atoms with E-state index in [4.69, 9.17) is 0 Å². The van der Waals surface area contributed by atoms with Crippen LogP contribution in [0.1, 0.15) is 33.6 Å². The third-order valence-electron chi connectivity index (χ3n) is 2.77. The molecule has 0 aliphatic carbocycles. The van der Waals surface area contributed by atoms with Crippen molar-refractivity contribution in [3.8, 4) is 0 Å². The zero-order valence-corrected chi connectivity index (χ0v) is 9.63. The Bertz CT molecular complexity index is 152. The average molecular weight is 185 g/mol. The molecule has 0 saturated heterocycles. The summed E-state index contributed by atoms with van der Waals surface area (Å²) in [6.45, 7) is 7.29. The molecular weight excluding hydrogens is 162 g/mol. The number of nitrogens with zero attached hydrogens (tertiary/aromatic N) is 1. The van der Waals surface area contributed by atoms with Crippen LogP contribution in [0.2, 0.25) is 0 Å². The molecule has 0 aromatic carbocycles. The lowest BCUT2D eigenvalue weighted by molar-refractivity contribution is -0.117. The molecule has 2 heteroatoms. The minimum atomic E-state index is -0.162. The number of rotatable bonds is 6. The van der Waals surface area contributed by atoms with Crippen molar-refractivity contribution < 1.29 is 4.79 Å². The van der Waals surface area contributed by atoms with E-state index in [-0.39, 0.29) is 5.41 Å². The van der Waals surface area contributed by atoms with Gasteiger partial charge in [-0.3, -0.25) is 0 Å². The Balaban J connectivity index is 4.09. The summed E-state index contributed by atoms with van der Waals surface area (Å²) in [5.41, 5.74) is -0.162. The molecule has 0 amide bonds. The summed E-state index contributed by atoms with van der Waals surface area (Å²) < 4.78 is 0. The van der Waals surface area contributed by atoms with Crippen LogP contribution in [0.4, 0.5) is 0 Å². The molecule has 0 aromatic rings. The Morgan fingerprint density at radius 3 is 2.23 bits per heavy atom. The minimum absolute atomic E-state index is 0.162. The van der Waals surface area contributed by atoms with Gasteiger partial charge in [0.1, 0.15) is 6.29 Å². The molecule has 1 unspecified atom stereocenters. The van der Waals surface area contributed by atoms with E-state index < -0.39 is 0 Å². The summed E-state index contributed by atoms with van der Waals surface area (Å²) >= 11 is 0. The summed E-state index contributed by atoms with van der Waals surface area (Å²) in [5.74, 6) is 0.507. The van der Waals surface area contributed by atoms with Crippen molar-refractivity contribution in [2.24, 2.45) is 11.3 Å². The van der Waals surface area contributed by atoms with Crippen molar-refractivity contribution in [2.75, 3.05) is 20.6 Å². The van der Waals surface area contributed by atoms with E-state index in [9.17, 15) is 4.79 Å². The van der Waals surface area contributed by atoms with E-state index in [2.05, 4.69) is 25.9 Å². The standard InChI is InChI=1S/C11H23NO/c1-6-10(7-8-12(4)5)11(2,3)9-13/h9-10H,6-8H2,1-5H3. The maximum atomic E-state index is 10.9. The van der Waals surface area contributed by atoms with E-state index in [0.29, 0.717) is 5.92 Å². The van der Waals surface area contributed by atoms with Crippen molar-refractivity contribution in [3.63, 3.8) is 0 Å². The summed E-state index contributed by atoms with van der Waals surface area (Å²) in [4.78, 5) is 13.0. The first-order chi connectivity index (χ1) is 5.94. The minimum Gasteiger partial charge on any atom is -0.309 e. The molecule has 0 aromatic heterocycles. The maximum Gasteiger partial charge on any atom is 0.125 e. The monoisotopic (exact) mass is 185 g/mol. The second-order valence-corrected chi connectivity index (χ2v) is 4.64. The van der Waals surface area contributed by atoms with Crippen molar-refractivity contribution in [1.29, 1.82) is 0 Å². The largest absolute Gasteiger partial charge is 0.309 e. The Hall–Kier alpha value is -0.370. The maximum absolute atomic E-state index is 10.9. The molecule has 0 heterocycles. The highest BCUT2D eigenvalue weighted by Crippen LogP contribution is 2.29. The van der Waals surface area contributed by atoms with Crippen LogP contribution in [0.3, 0.4) is 0 Å². The fraction of sp³-hybridized carbons (Fsp3) is 0.909. The number of carbonyl (C=O) groups excluding carboxylic acids is 1. The van der Waals surface area contributed by atoms with Gasteiger partial charge < -0.3 is 9.69 Å². The second kappa shape index (κ2) is 5.38. The number of carbonyl (C=O) groups is 1. The SMILES string of the molecule is CCC(CCN(C)C)C(C)(C)C=O. The third kappa shape index (κ3) is 4.41. The number of hydrogen-bond donors (Lipinski definition) is 0. The van der Waals surface area contributed by atoms with Gasteiger partial charge in [-0.15, -0.1) is 0 Å². The van der Waals surface area contributed by atoms with Crippen molar-refractivity contribution in [2.45, 2.75) is 33.6 Å². The van der Waals surface area contributed by atoms with E-state index in [0.717, 1.165) is 25.7 Å². The lowest BCUT2D eigenvalue weighted by Crippen LogP contribution is -2.28. The Morgan fingerprint density at radius 2 is 1.92 bits per heavy atom. The van der Waals surface area contributed by atoms with Crippen LogP contribution in [-0.4, -0.2) is 31.8 Å². The van der Waals surface area contributed by atoms with Gasteiger partial charge >= 0.3 is 0 Å². The van der Waals surface area contributed by atoms with E-state index in [1.54, 1.807) is 0 Å². The first kappa shape index (κ1) is 12.6. The fourth-order valence-electron chi connectivity index (χ4n) is 1.61. The smallest absolute Gasteiger partial charge is 0.125 e. The lowest BCUT2D eigenvalue weighted by Gasteiger charge is -2.29. The highest BCUT2D eigenvalue weighted by molar-refractivity contribution is 5.58. The van der Waals surface area contributed by atoms with Gasteiger partial charge in [0.2, 0.25) is 0 Å². The van der Waals surface area contributed by atoms with E-state index >= 15 is 0 Å². The molecule has 1 atom stereocenters. The molecule has 0 N–H and O–H groups in total. The number of hydrogen-bond acceptors (Lipinski definition) is 2.